The van der Waals surface area contributed by atoms with Gasteiger partial charge in [-0.25, -0.2) is 0 Å². The first-order valence-electron chi connectivity index (χ1n) is 11.1. The van der Waals surface area contributed by atoms with Crippen LogP contribution in [-0.2, 0) is 14.4 Å². The van der Waals surface area contributed by atoms with E-state index in [1.807, 2.05) is 26.0 Å². The van der Waals surface area contributed by atoms with E-state index in [2.05, 4.69) is 26.1 Å². The standard InChI is InChI=1S/C24H35NO5/c1-12(2)8-17-21-15(5)14(4)10-16-9-13(3)6-7-18(26)22(29)19(27)11-20(28)24(16,21)23(30)25-17/h9-10,12,15-19,21,26-27H,6-8,11H2,1-5H3,(H,25,30)/b13-9+/t15-,16+,17-,18+,19-,21-,24-/m1/s1. The van der Waals surface area contributed by atoms with Gasteiger partial charge in [-0.1, -0.05) is 44.1 Å². The number of carbonyl (C=O) groups excluding carboxylic acids is 3. The predicted octanol–water partition coefficient (Wildman–Crippen LogP) is 2.34. The summed E-state index contributed by atoms with van der Waals surface area (Å²) >= 11 is 0. The summed E-state index contributed by atoms with van der Waals surface area (Å²) in [6.45, 7) is 10.2. The molecule has 30 heavy (non-hydrogen) atoms. The summed E-state index contributed by atoms with van der Waals surface area (Å²) in [6.07, 6.45) is 2.04. The van der Waals surface area contributed by atoms with Crippen LogP contribution in [-0.4, -0.2) is 45.9 Å². The van der Waals surface area contributed by atoms with Crippen molar-refractivity contribution in [3.8, 4) is 0 Å². The third kappa shape index (κ3) is 3.69. The van der Waals surface area contributed by atoms with Gasteiger partial charge in [0.2, 0.25) is 5.91 Å². The highest BCUT2D eigenvalue weighted by molar-refractivity contribution is 6.10. The minimum absolute atomic E-state index is 0.0187. The molecule has 0 saturated carbocycles. The summed E-state index contributed by atoms with van der Waals surface area (Å²) < 4.78 is 0. The van der Waals surface area contributed by atoms with Gasteiger partial charge in [0.05, 0.1) is 0 Å². The molecule has 3 aliphatic rings. The van der Waals surface area contributed by atoms with Crippen LogP contribution in [0.2, 0.25) is 0 Å². The molecule has 1 aliphatic heterocycles. The van der Waals surface area contributed by atoms with Crippen LogP contribution >= 0.6 is 0 Å². The Bertz CT molecular complexity index is 797. The molecule has 0 aromatic heterocycles. The molecule has 0 bridgehead atoms. The van der Waals surface area contributed by atoms with E-state index < -0.39 is 41.5 Å². The Morgan fingerprint density at radius 1 is 1.13 bits per heavy atom. The molecule has 1 heterocycles. The van der Waals surface area contributed by atoms with Crippen LogP contribution in [0.15, 0.2) is 23.3 Å². The second-order valence-electron chi connectivity index (χ2n) is 9.94. The fourth-order valence-corrected chi connectivity index (χ4v) is 5.77. The Balaban J connectivity index is 2.19. The zero-order valence-electron chi connectivity index (χ0n) is 18.6. The molecule has 3 N–H and O–H groups in total. The number of nitrogens with one attached hydrogen (secondary N) is 1. The Hall–Kier alpha value is -1.79. The van der Waals surface area contributed by atoms with E-state index in [0.717, 1.165) is 17.6 Å². The van der Waals surface area contributed by atoms with Crippen LogP contribution in [0.5, 0.6) is 0 Å². The van der Waals surface area contributed by atoms with Gasteiger partial charge in [0.25, 0.3) is 0 Å². The average molecular weight is 418 g/mol. The Labute approximate surface area is 178 Å². The minimum atomic E-state index is -1.60. The number of ketones is 2. The minimum Gasteiger partial charge on any atom is -0.385 e. The van der Waals surface area contributed by atoms with Crippen LogP contribution < -0.4 is 5.32 Å². The summed E-state index contributed by atoms with van der Waals surface area (Å²) in [5.74, 6) is -1.75. The summed E-state index contributed by atoms with van der Waals surface area (Å²) in [7, 11) is 0. The SMILES string of the molecule is CC1=C[C@@H]2/C=C(\C)CC[C@H](O)C(=O)[C@H](O)CC(=O)[C@]23C(=O)N[C@H](CC(C)C)[C@H]3[C@@H]1C. The number of aliphatic hydroxyl groups is 2. The Morgan fingerprint density at radius 2 is 1.80 bits per heavy atom. The number of hydrogen-bond acceptors (Lipinski definition) is 5. The van der Waals surface area contributed by atoms with Crippen LogP contribution in [0, 0.1) is 29.1 Å². The first-order valence-corrected chi connectivity index (χ1v) is 11.1. The lowest BCUT2D eigenvalue weighted by molar-refractivity contribution is -0.149. The topological polar surface area (TPSA) is 104 Å². The van der Waals surface area contributed by atoms with Crippen molar-refractivity contribution in [3.63, 3.8) is 0 Å². The Kier molecular flexibility index (Phi) is 6.40. The Morgan fingerprint density at radius 3 is 2.43 bits per heavy atom. The maximum atomic E-state index is 13.7. The lowest BCUT2D eigenvalue weighted by Gasteiger charge is -2.45. The van der Waals surface area contributed by atoms with Gasteiger partial charge in [-0.3, -0.25) is 14.4 Å². The molecule has 1 spiro atoms. The van der Waals surface area contributed by atoms with E-state index >= 15 is 0 Å². The van der Waals surface area contributed by atoms with E-state index in [0.29, 0.717) is 12.3 Å². The fraction of sp³-hybridized carbons (Fsp3) is 0.708. The third-order valence-corrected chi connectivity index (χ3v) is 7.38. The largest absolute Gasteiger partial charge is 0.385 e. The highest BCUT2D eigenvalue weighted by Crippen LogP contribution is 2.55. The van der Waals surface area contributed by atoms with Gasteiger partial charge in [0, 0.05) is 24.3 Å². The summed E-state index contributed by atoms with van der Waals surface area (Å²) in [5.41, 5.74) is 0.734. The normalized spacial score (nSPS) is 41.9. The zero-order chi connectivity index (χ0) is 22.4. The summed E-state index contributed by atoms with van der Waals surface area (Å²) in [4.78, 5) is 39.7. The number of rotatable bonds is 2. The van der Waals surface area contributed by atoms with E-state index in [-0.39, 0.29) is 30.2 Å². The highest BCUT2D eigenvalue weighted by Gasteiger charge is 2.65. The van der Waals surface area contributed by atoms with Crippen molar-refractivity contribution in [1.82, 2.24) is 5.32 Å². The second-order valence-corrected chi connectivity index (χ2v) is 9.94. The van der Waals surface area contributed by atoms with Crippen molar-refractivity contribution in [1.29, 1.82) is 0 Å². The van der Waals surface area contributed by atoms with Crippen LogP contribution in [0.3, 0.4) is 0 Å². The quantitative estimate of drug-likeness (QED) is 0.473. The molecule has 0 aromatic rings. The molecule has 0 unspecified atom stereocenters. The zero-order valence-corrected chi connectivity index (χ0v) is 18.6. The first kappa shape index (κ1) is 22.9. The van der Waals surface area contributed by atoms with Crippen molar-refractivity contribution >= 4 is 17.5 Å². The molecule has 1 amide bonds. The van der Waals surface area contributed by atoms with Crippen LogP contribution in [0.1, 0.15) is 60.3 Å². The van der Waals surface area contributed by atoms with E-state index in [1.165, 1.54) is 0 Å². The fourth-order valence-electron chi connectivity index (χ4n) is 5.77. The molecule has 166 valence electrons. The highest BCUT2D eigenvalue weighted by atomic mass is 16.3. The van der Waals surface area contributed by atoms with Crippen molar-refractivity contribution in [2.75, 3.05) is 0 Å². The monoisotopic (exact) mass is 417 g/mol. The molecule has 6 nitrogen and oxygen atoms in total. The number of hydrogen-bond donors (Lipinski definition) is 3. The maximum Gasteiger partial charge on any atom is 0.235 e. The van der Waals surface area contributed by atoms with E-state index in [4.69, 9.17) is 0 Å². The van der Waals surface area contributed by atoms with Crippen molar-refractivity contribution in [3.05, 3.63) is 23.3 Å². The number of allylic oxidation sites excluding steroid dienone is 4. The van der Waals surface area contributed by atoms with E-state index in [1.54, 1.807) is 0 Å². The van der Waals surface area contributed by atoms with Gasteiger partial charge in [0.1, 0.15) is 17.6 Å². The number of amides is 1. The van der Waals surface area contributed by atoms with Gasteiger partial charge in [-0.15, -0.1) is 0 Å². The van der Waals surface area contributed by atoms with Crippen molar-refractivity contribution < 1.29 is 24.6 Å². The second kappa shape index (κ2) is 8.39. The van der Waals surface area contributed by atoms with Gasteiger partial charge in [-0.05, 0) is 44.9 Å². The molecule has 0 radical (unpaired) electrons. The molecule has 0 aromatic carbocycles. The van der Waals surface area contributed by atoms with E-state index in [9.17, 15) is 24.6 Å². The number of Topliss-reactive ketones (excluding diaryl/α,β-unsaturated/α-hetero) is 2. The van der Waals surface area contributed by atoms with Gasteiger partial charge < -0.3 is 15.5 Å². The maximum absolute atomic E-state index is 13.7. The molecule has 3 rings (SSSR count). The molecule has 1 fully saturated rings. The summed E-state index contributed by atoms with van der Waals surface area (Å²) in [5, 5.41) is 23.7. The lowest BCUT2D eigenvalue weighted by atomic mass is 9.54. The number of aliphatic hydroxyl groups excluding tert-OH is 2. The smallest absolute Gasteiger partial charge is 0.235 e. The molecular formula is C24H35NO5. The number of carbonyl (C=O) groups is 3. The molecule has 7 atom stereocenters. The predicted molar refractivity (Wildman–Crippen MR) is 113 cm³/mol. The van der Waals surface area contributed by atoms with Crippen LogP contribution in [0.25, 0.3) is 0 Å². The van der Waals surface area contributed by atoms with Crippen molar-refractivity contribution in [2.24, 2.45) is 29.1 Å². The summed E-state index contributed by atoms with van der Waals surface area (Å²) in [6, 6.07) is -0.139. The lowest BCUT2D eigenvalue weighted by Crippen LogP contribution is -2.53. The van der Waals surface area contributed by atoms with Crippen LogP contribution in [0.4, 0.5) is 0 Å². The average Bonchev–Trinajstić information content (AvgIpc) is 2.94. The van der Waals surface area contributed by atoms with Crippen molar-refractivity contribution in [2.45, 2.75) is 78.6 Å². The first-order chi connectivity index (χ1) is 14.0. The molecule has 1 saturated heterocycles. The third-order valence-electron chi connectivity index (χ3n) is 7.38. The molecular weight excluding hydrogens is 382 g/mol. The molecule has 6 heteroatoms. The van der Waals surface area contributed by atoms with Gasteiger partial charge in [-0.2, -0.15) is 0 Å². The van der Waals surface area contributed by atoms with Gasteiger partial charge in [0.15, 0.2) is 11.6 Å². The molecule has 2 aliphatic carbocycles. The van der Waals surface area contributed by atoms with Gasteiger partial charge >= 0.3 is 0 Å².